The Bertz CT molecular complexity index is 796. The molecule has 3 heterocycles. The van der Waals surface area contributed by atoms with Crippen molar-refractivity contribution in [3.8, 4) is 0 Å². The zero-order valence-corrected chi connectivity index (χ0v) is 13.2. The molecule has 0 spiro atoms. The molecule has 0 bridgehead atoms. The van der Waals surface area contributed by atoms with E-state index in [2.05, 4.69) is 21.7 Å². The highest BCUT2D eigenvalue weighted by Gasteiger charge is 2.30. The molecule has 4 rings (SSSR count). The Kier molecular flexibility index (Phi) is 3.40. The van der Waals surface area contributed by atoms with Crippen LogP contribution < -0.4 is 10.6 Å². The summed E-state index contributed by atoms with van der Waals surface area (Å²) in [4.78, 5) is 18.8. The number of fused-ring (bicyclic) bond motifs is 1. The van der Waals surface area contributed by atoms with Gasteiger partial charge in [0, 0.05) is 22.9 Å². The minimum absolute atomic E-state index is 0.0301. The summed E-state index contributed by atoms with van der Waals surface area (Å²) < 4.78 is 0. The van der Waals surface area contributed by atoms with Crippen LogP contribution in [0.25, 0.3) is 0 Å². The predicted molar refractivity (Wildman–Crippen MR) is 91.2 cm³/mol. The maximum absolute atomic E-state index is 11.9. The van der Waals surface area contributed by atoms with Gasteiger partial charge in [0.05, 0.1) is 4.88 Å². The van der Waals surface area contributed by atoms with Gasteiger partial charge in [0.25, 0.3) is 0 Å². The Morgan fingerprint density at radius 2 is 2.05 bits per heavy atom. The Morgan fingerprint density at radius 1 is 1.18 bits per heavy atom. The van der Waals surface area contributed by atoms with E-state index in [-0.39, 0.29) is 11.8 Å². The first-order chi connectivity index (χ1) is 10.8. The van der Waals surface area contributed by atoms with Crippen molar-refractivity contribution in [1.82, 2.24) is 4.98 Å². The molecule has 1 unspecified atom stereocenters. The second-order valence-electron chi connectivity index (χ2n) is 5.04. The summed E-state index contributed by atoms with van der Waals surface area (Å²) in [6.07, 6.45) is 0.487. The van der Waals surface area contributed by atoms with Crippen LogP contribution in [0.4, 0.5) is 16.6 Å². The molecule has 22 heavy (non-hydrogen) atoms. The number of nitrogens with one attached hydrogen (secondary N) is 2. The number of nitrogens with zero attached hydrogens (tertiary/aromatic N) is 1. The molecule has 3 aromatic rings. The van der Waals surface area contributed by atoms with E-state index in [0.717, 1.165) is 15.7 Å². The number of benzene rings is 1. The minimum atomic E-state index is 0.0301. The van der Waals surface area contributed by atoms with Gasteiger partial charge in [-0.25, -0.2) is 4.98 Å². The summed E-state index contributed by atoms with van der Waals surface area (Å²) >= 11 is 3.30. The summed E-state index contributed by atoms with van der Waals surface area (Å²) in [6.45, 7) is 0. The molecular formula is C16H13N3OS2. The molecule has 6 heteroatoms. The van der Waals surface area contributed by atoms with E-state index in [1.54, 1.807) is 22.7 Å². The molecule has 0 saturated carbocycles. The minimum Gasteiger partial charge on any atom is -0.331 e. The predicted octanol–water partition coefficient (Wildman–Crippen LogP) is 4.42. The molecule has 1 amide bonds. The topological polar surface area (TPSA) is 54.0 Å². The number of para-hydroxylation sites is 1. The lowest BCUT2D eigenvalue weighted by atomic mass is 9.98. The van der Waals surface area contributed by atoms with E-state index >= 15 is 0 Å². The molecule has 0 radical (unpaired) electrons. The van der Waals surface area contributed by atoms with Gasteiger partial charge < -0.3 is 10.6 Å². The standard InChI is InChI=1S/C16H13N3OS2/c20-13-9-11(12-7-4-8-21-12)14-15(18-13)19-16(22-14)17-10-5-2-1-3-6-10/h1-8,11H,9H2,(H,17,19)(H,18,20). The highest BCUT2D eigenvalue weighted by molar-refractivity contribution is 7.16. The lowest BCUT2D eigenvalue weighted by Gasteiger charge is -2.19. The van der Waals surface area contributed by atoms with Gasteiger partial charge in [0.2, 0.25) is 5.91 Å². The van der Waals surface area contributed by atoms with E-state index < -0.39 is 0 Å². The van der Waals surface area contributed by atoms with Crippen LogP contribution in [0.3, 0.4) is 0 Å². The van der Waals surface area contributed by atoms with Crippen LogP contribution in [-0.2, 0) is 4.79 Å². The van der Waals surface area contributed by atoms with Gasteiger partial charge >= 0.3 is 0 Å². The number of anilines is 3. The van der Waals surface area contributed by atoms with E-state index in [4.69, 9.17) is 0 Å². The first-order valence-corrected chi connectivity index (χ1v) is 8.65. The summed E-state index contributed by atoms with van der Waals surface area (Å²) in [5.41, 5.74) is 0.993. The number of thiazole rings is 1. The summed E-state index contributed by atoms with van der Waals surface area (Å²) in [6, 6.07) is 14.0. The molecule has 2 N–H and O–H groups in total. The van der Waals surface area contributed by atoms with E-state index in [9.17, 15) is 4.79 Å². The van der Waals surface area contributed by atoms with Crippen LogP contribution in [0, 0.1) is 0 Å². The van der Waals surface area contributed by atoms with Crippen molar-refractivity contribution in [1.29, 1.82) is 0 Å². The van der Waals surface area contributed by atoms with Gasteiger partial charge in [-0.2, -0.15) is 0 Å². The number of carbonyl (C=O) groups excluding carboxylic acids is 1. The van der Waals surface area contributed by atoms with E-state index in [1.807, 2.05) is 41.8 Å². The van der Waals surface area contributed by atoms with Crippen molar-refractivity contribution in [2.24, 2.45) is 0 Å². The average Bonchev–Trinajstić information content (AvgIpc) is 3.16. The number of thiophene rings is 1. The highest BCUT2D eigenvalue weighted by Crippen LogP contribution is 2.43. The Balaban J connectivity index is 1.68. The number of aromatic nitrogens is 1. The summed E-state index contributed by atoms with van der Waals surface area (Å²) in [5.74, 6) is 0.841. The summed E-state index contributed by atoms with van der Waals surface area (Å²) in [7, 11) is 0. The van der Waals surface area contributed by atoms with Gasteiger partial charge in [-0.1, -0.05) is 35.6 Å². The maximum atomic E-state index is 11.9. The van der Waals surface area contributed by atoms with Gasteiger partial charge in [-0.15, -0.1) is 11.3 Å². The third-order valence-electron chi connectivity index (χ3n) is 3.53. The molecule has 110 valence electrons. The first-order valence-electron chi connectivity index (χ1n) is 6.95. The molecular weight excluding hydrogens is 314 g/mol. The fourth-order valence-electron chi connectivity index (χ4n) is 2.54. The van der Waals surface area contributed by atoms with Crippen LogP contribution in [0.2, 0.25) is 0 Å². The van der Waals surface area contributed by atoms with Crippen molar-refractivity contribution < 1.29 is 4.79 Å². The van der Waals surface area contributed by atoms with Crippen LogP contribution in [0.15, 0.2) is 47.8 Å². The number of hydrogen-bond acceptors (Lipinski definition) is 5. The Hall–Kier alpha value is -2.18. The Labute approximate surface area is 135 Å². The molecule has 0 fully saturated rings. The van der Waals surface area contributed by atoms with Crippen LogP contribution in [0.5, 0.6) is 0 Å². The lowest BCUT2D eigenvalue weighted by molar-refractivity contribution is -0.116. The van der Waals surface area contributed by atoms with Crippen molar-refractivity contribution in [2.45, 2.75) is 12.3 Å². The van der Waals surface area contributed by atoms with Gasteiger partial charge in [-0.3, -0.25) is 4.79 Å². The van der Waals surface area contributed by atoms with Gasteiger partial charge in [0.1, 0.15) is 5.82 Å². The monoisotopic (exact) mass is 327 g/mol. The quantitative estimate of drug-likeness (QED) is 0.748. The SMILES string of the molecule is O=C1CC(c2cccs2)c2sc(Nc3ccccc3)nc2N1. The Morgan fingerprint density at radius 3 is 2.82 bits per heavy atom. The average molecular weight is 327 g/mol. The smallest absolute Gasteiger partial charge is 0.226 e. The van der Waals surface area contributed by atoms with Crippen molar-refractivity contribution in [2.75, 3.05) is 10.6 Å². The molecule has 1 aliphatic heterocycles. The highest BCUT2D eigenvalue weighted by atomic mass is 32.1. The maximum Gasteiger partial charge on any atom is 0.226 e. The van der Waals surface area contributed by atoms with Gasteiger partial charge in [-0.05, 0) is 23.6 Å². The second-order valence-corrected chi connectivity index (χ2v) is 7.05. The molecule has 1 aliphatic rings. The second kappa shape index (κ2) is 5.55. The van der Waals surface area contributed by atoms with E-state index in [1.165, 1.54) is 4.88 Å². The largest absolute Gasteiger partial charge is 0.331 e. The van der Waals surface area contributed by atoms with Crippen LogP contribution >= 0.6 is 22.7 Å². The summed E-state index contributed by atoms with van der Waals surface area (Å²) in [5, 5.41) is 9.04. The third kappa shape index (κ3) is 2.51. The zero-order valence-electron chi connectivity index (χ0n) is 11.6. The van der Waals surface area contributed by atoms with E-state index in [0.29, 0.717) is 12.2 Å². The fourth-order valence-corrected chi connectivity index (χ4v) is 4.51. The molecule has 0 aliphatic carbocycles. The van der Waals surface area contributed by atoms with Crippen molar-refractivity contribution >= 4 is 45.2 Å². The van der Waals surface area contributed by atoms with Gasteiger partial charge in [0.15, 0.2) is 5.13 Å². The third-order valence-corrected chi connectivity index (χ3v) is 5.60. The molecule has 1 atom stereocenters. The zero-order chi connectivity index (χ0) is 14.9. The normalized spacial score (nSPS) is 16.9. The number of hydrogen-bond donors (Lipinski definition) is 2. The number of amides is 1. The molecule has 2 aromatic heterocycles. The molecule has 1 aromatic carbocycles. The van der Waals surface area contributed by atoms with Crippen LogP contribution in [0.1, 0.15) is 22.1 Å². The fraction of sp³-hybridized carbons (Fsp3) is 0.125. The molecule has 0 saturated heterocycles. The number of rotatable bonds is 3. The lowest BCUT2D eigenvalue weighted by Crippen LogP contribution is -2.22. The molecule has 4 nitrogen and oxygen atoms in total. The van der Waals surface area contributed by atoms with Crippen molar-refractivity contribution in [3.63, 3.8) is 0 Å². The first kappa shape index (κ1) is 13.5. The van der Waals surface area contributed by atoms with Crippen molar-refractivity contribution in [3.05, 3.63) is 57.6 Å². The van der Waals surface area contributed by atoms with Crippen LogP contribution in [-0.4, -0.2) is 10.9 Å². The number of carbonyl (C=O) groups is 1.